The van der Waals surface area contributed by atoms with E-state index in [0.717, 1.165) is 30.7 Å². The summed E-state index contributed by atoms with van der Waals surface area (Å²) in [6.45, 7) is 3.31. The molecule has 0 spiro atoms. The second-order valence-corrected chi connectivity index (χ2v) is 7.10. The van der Waals surface area contributed by atoms with Crippen LogP contribution in [0, 0.1) is 5.92 Å². The smallest absolute Gasteiger partial charge is 0.229 e. The van der Waals surface area contributed by atoms with Gasteiger partial charge in [-0.25, -0.2) is 0 Å². The van der Waals surface area contributed by atoms with E-state index in [4.69, 9.17) is 4.74 Å². The minimum atomic E-state index is -0.245. The molecule has 1 saturated carbocycles. The predicted molar refractivity (Wildman–Crippen MR) is 97.6 cm³/mol. The third-order valence-corrected chi connectivity index (χ3v) is 5.14. The molecule has 1 aliphatic heterocycles. The van der Waals surface area contributed by atoms with Crippen LogP contribution in [0.25, 0.3) is 0 Å². The molecular weight excluding hydrogens is 316 g/mol. The van der Waals surface area contributed by atoms with E-state index in [2.05, 4.69) is 12.2 Å². The molecule has 5 nitrogen and oxygen atoms in total. The summed E-state index contributed by atoms with van der Waals surface area (Å²) in [4.78, 5) is 26.8. The number of benzene rings is 1. The van der Waals surface area contributed by atoms with Crippen LogP contribution in [-0.2, 0) is 9.59 Å². The van der Waals surface area contributed by atoms with Gasteiger partial charge in [0.1, 0.15) is 5.75 Å². The van der Waals surface area contributed by atoms with E-state index in [0.29, 0.717) is 25.6 Å². The van der Waals surface area contributed by atoms with Crippen molar-refractivity contribution >= 4 is 17.5 Å². The number of hydrogen-bond donors (Lipinski definition) is 1. The van der Waals surface area contributed by atoms with Crippen molar-refractivity contribution in [3.8, 4) is 5.75 Å². The molecule has 0 radical (unpaired) electrons. The Balaban J connectivity index is 1.53. The molecule has 0 unspecified atom stereocenters. The van der Waals surface area contributed by atoms with E-state index in [1.54, 1.807) is 0 Å². The summed E-state index contributed by atoms with van der Waals surface area (Å²) in [5, 5.41) is 2.94. The van der Waals surface area contributed by atoms with Crippen LogP contribution in [0.1, 0.15) is 51.9 Å². The Morgan fingerprint density at radius 1 is 1.20 bits per heavy atom. The number of carbonyl (C=O) groups is 2. The number of ether oxygens (including phenoxy) is 1. The Morgan fingerprint density at radius 2 is 1.92 bits per heavy atom. The van der Waals surface area contributed by atoms with Crippen molar-refractivity contribution in [1.82, 2.24) is 4.90 Å². The van der Waals surface area contributed by atoms with Gasteiger partial charge in [0.25, 0.3) is 0 Å². The van der Waals surface area contributed by atoms with Gasteiger partial charge in [0.15, 0.2) is 0 Å². The summed E-state index contributed by atoms with van der Waals surface area (Å²) in [5.41, 5.74) is 0.748. The van der Waals surface area contributed by atoms with Crippen molar-refractivity contribution < 1.29 is 14.3 Å². The van der Waals surface area contributed by atoms with Crippen LogP contribution in [0.5, 0.6) is 5.75 Å². The first kappa shape index (κ1) is 17.8. The topological polar surface area (TPSA) is 58.6 Å². The van der Waals surface area contributed by atoms with Gasteiger partial charge in [-0.2, -0.15) is 0 Å². The Kier molecular flexibility index (Phi) is 5.95. The van der Waals surface area contributed by atoms with E-state index < -0.39 is 0 Å². The lowest BCUT2D eigenvalue weighted by Crippen LogP contribution is -2.38. The standard InChI is InChI=1S/C20H28N2O3/c1-2-12-25-18-10-8-16(9-11-18)21-20(24)15-13-19(23)22(14-15)17-6-4-3-5-7-17/h8-11,15,17H,2-7,12-14H2,1H3,(H,21,24)/t15-/m0/s1. The number of likely N-dealkylation sites (tertiary alicyclic amines) is 1. The first-order valence-electron chi connectivity index (χ1n) is 9.50. The monoisotopic (exact) mass is 344 g/mol. The Morgan fingerprint density at radius 3 is 2.60 bits per heavy atom. The zero-order valence-corrected chi connectivity index (χ0v) is 15.0. The SMILES string of the molecule is CCCOc1ccc(NC(=O)[C@H]2CC(=O)N(C3CCCCC3)C2)cc1. The van der Waals surface area contributed by atoms with Crippen molar-refractivity contribution in [2.24, 2.45) is 5.92 Å². The summed E-state index contributed by atoms with van der Waals surface area (Å²) in [7, 11) is 0. The molecule has 25 heavy (non-hydrogen) atoms. The second kappa shape index (κ2) is 8.37. The minimum absolute atomic E-state index is 0.0612. The Labute approximate surface area is 149 Å². The number of amides is 2. The normalized spacial score (nSPS) is 21.4. The van der Waals surface area contributed by atoms with Crippen LogP contribution in [0.2, 0.25) is 0 Å². The molecule has 1 aromatic rings. The molecule has 5 heteroatoms. The van der Waals surface area contributed by atoms with Crippen molar-refractivity contribution in [2.45, 2.75) is 57.9 Å². The number of rotatable bonds is 6. The number of carbonyl (C=O) groups excluding carboxylic acids is 2. The molecule has 1 aromatic carbocycles. The number of hydrogen-bond acceptors (Lipinski definition) is 3. The molecule has 0 bridgehead atoms. The summed E-state index contributed by atoms with van der Waals surface area (Å²) in [6.07, 6.45) is 7.11. The van der Waals surface area contributed by atoms with Crippen molar-refractivity contribution in [2.75, 3.05) is 18.5 Å². The Hall–Kier alpha value is -2.04. The van der Waals surface area contributed by atoms with E-state index in [-0.39, 0.29) is 17.7 Å². The first-order chi connectivity index (χ1) is 12.2. The summed E-state index contributed by atoms with van der Waals surface area (Å²) < 4.78 is 5.55. The van der Waals surface area contributed by atoms with Crippen LogP contribution in [0.3, 0.4) is 0 Å². The molecule has 1 aliphatic carbocycles. The molecule has 2 fully saturated rings. The van der Waals surface area contributed by atoms with Crippen LogP contribution in [-0.4, -0.2) is 35.9 Å². The summed E-state index contributed by atoms with van der Waals surface area (Å²) in [5.74, 6) is 0.633. The average Bonchev–Trinajstić information content (AvgIpc) is 3.04. The number of nitrogens with one attached hydrogen (secondary N) is 1. The van der Waals surface area contributed by atoms with Gasteiger partial charge in [-0.1, -0.05) is 26.2 Å². The molecular formula is C20H28N2O3. The number of anilines is 1. The van der Waals surface area contributed by atoms with Gasteiger partial charge in [-0.05, 0) is 43.5 Å². The average molecular weight is 344 g/mol. The van der Waals surface area contributed by atoms with Crippen molar-refractivity contribution in [3.63, 3.8) is 0 Å². The van der Waals surface area contributed by atoms with Gasteiger partial charge >= 0.3 is 0 Å². The highest BCUT2D eigenvalue weighted by Gasteiger charge is 2.38. The third-order valence-electron chi connectivity index (χ3n) is 5.14. The van der Waals surface area contributed by atoms with Gasteiger partial charge in [0.2, 0.25) is 11.8 Å². The van der Waals surface area contributed by atoms with E-state index >= 15 is 0 Å². The second-order valence-electron chi connectivity index (χ2n) is 7.10. The fourth-order valence-corrected chi connectivity index (χ4v) is 3.75. The molecule has 136 valence electrons. The maximum Gasteiger partial charge on any atom is 0.229 e. The molecule has 0 aromatic heterocycles. The molecule has 1 N–H and O–H groups in total. The first-order valence-corrected chi connectivity index (χ1v) is 9.50. The van der Waals surface area contributed by atoms with E-state index in [9.17, 15) is 9.59 Å². The quantitative estimate of drug-likeness (QED) is 0.858. The van der Waals surface area contributed by atoms with Crippen molar-refractivity contribution in [3.05, 3.63) is 24.3 Å². The highest BCUT2D eigenvalue weighted by Crippen LogP contribution is 2.29. The van der Waals surface area contributed by atoms with Gasteiger partial charge in [-0.3, -0.25) is 9.59 Å². The largest absolute Gasteiger partial charge is 0.494 e. The van der Waals surface area contributed by atoms with Crippen LogP contribution >= 0.6 is 0 Å². The zero-order chi connectivity index (χ0) is 17.6. The third kappa shape index (κ3) is 4.53. The maximum atomic E-state index is 12.5. The zero-order valence-electron chi connectivity index (χ0n) is 15.0. The van der Waals surface area contributed by atoms with Crippen LogP contribution < -0.4 is 10.1 Å². The lowest BCUT2D eigenvalue weighted by molar-refractivity contribution is -0.130. The Bertz CT molecular complexity index is 593. The van der Waals surface area contributed by atoms with Gasteiger partial charge in [0.05, 0.1) is 12.5 Å². The summed E-state index contributed by atoms with van der Waals surface area (Å²) >= 11 is 0. The van der Waals surface area contributed by atoms with Gasteiger partial charge < -0.3 is 15.0 Å². The van der Waals surface area contributed by atoms with E-state index in [1.807, 2.05) is 29.2 Å². The highest BCUT2D eigenvalue weighted by atomic mass is 16.5. The lowest BCUT2D eigenvalue weighted by atomic mass is 9.94. The van der Waals surface area contributed by atoms with Gasteiger partial charge in [0, 0.05) is 24.7 Å². The van der Waals surface area contributed by atoms with Gasteiger partial charge in [-0.15, -0.1) is 0 Å². The molecule has 2 aliphatic rings. The minimum Gasteiger partial charge on any atom is -0.494 e. The highest BCUT2D eigenvalue weighted by molar-refractivity contribution is 5.97. The fourth-order valence-electron chi connectivity index (χ4n) is 3.75. The van der Waals surface area contributed by atoms with Crippen molar-refractivity contribution in [1.29, 1.82) is 0 Å². The molecule has 1 saturated heterocycles. The lowest BCUT2D eigenvalue weighted by Gasteiger charge is -2.31. The molecule has 1 heterocycles. The van der Waals surface area contributed by atoms with Crippen LogP contribution in [0.4, 0.5) is 5.69 Å². The number of nitrogens with zero attached hydrogens (tertiary/aromatic N) is 1. The maximum absolute atomic E-state index is 12.5. The summed E-state index contributed by atoms with van der Waals surface area (Å²) in [6, 6.07) is 7.75. The van der Waals surface area contributed by atoms with Crippen LogP contribution in [0.15, 0.2) is 24.3 Å². The molecule has 3 rings (SSSR count). The molecule has 2 amide bonds. The molecule has 1 atom stereocenters. The predicted octanol–water partition coefficient (Wildman–Crippen LogP) is 3.60. The fraction of sp³-hybridized carbons (Fsp3) is 0.600. The van der Waals surface area contributed by atoms with E-state index in [1.165, 1.54) is 19.3 Å².